The van der Waals surface area contributed by atoms with Crippen LogP contribution in [0.1, 0.15) is 63.3 Å². The number of aromatic nitrogens is 1. The molecule has 1 unspecified atom stereocenters. The molecular weight excluding hydrogens is 292 g/mol. The summed E-state index contributed by atoms with van der Waals surface area (Å²) in [6.07, 6.45) is 5.94. The number of urea groups is 1. The van der Waals surface area contributed by atoms with Gasteiger partial charge in [0.2, 0.25) is 0 Å². The predicted molar refractivity (Wildman–Crippen MR) is 88.2 cm³/mol. The molecule has 0 radical (unpaired) electrons. The molecular formula is C17H28N4O2. The van der Waals surface area contributed by atoms with E-state index >= 15 is 0 Å². The van der Waals surface area contributed by atoms with Crippen molar-refractivity contribution in [1.29, 1.82) is 0 Å². The summed E-state index contributed by atoms with van der Waals surface area (Å²) in [4.78, 5) is 14.6. The SMILES string of the molecule is CC(C)c1cc(CNC(=O)NC2C[C@H]3CCC[C@@H](C2)N3C)on1. The van der Waals surface area contributed by atoms with Crippen LogP contribution in [0, 0.1) is 0 Å². The minimum atomic E-state index is -0.111. The zero-order valence-electron chi connectivity index (χ0n) is 14.3. The maximum atomic E-state index is 12.1. The Hall–Kier alpha value is -1.56. The molecule has 2 aliphatic rings. The fraction of sp³-hybridized carbons (Fsp3) is 0.765. The van der Waals surface area contributed by atoms with E-state index in [1.54, 1.807) is 0 Å². The van der Waals surface area contributed by atoms with Crippen molar-refractivity contribution in [3.63, 3.8) is 0 Å². The quantitative estimate of drug-likeness (QED) is 0.894. The van der Waals surface area contributed by atoms with Crippen LogP contribution in [0.2, 0.25) is 0 Å². The number of amides is 2. The Bertz CT molecular complexity index is 528. The molecule has 2 saturated heterocycles. The Morgan fingerprint density at radius 2 is 2.09 bits per heavy atom. The average molecular weight is 320 g/mol. The van der Waals surface area contributed by atoms with Crippen LogP contribution in [-0.4, -0.2) is 41.3 Å². The highest BCUT2D eigenvalue weighted by Gasteiger charge is 2.36. The van der Waals surface area contributed by atoms with E-state index in [1.165, 1.54) is 19.3 Å². The third-order valence-electron chi connectivity index (χ3n) is 5.27. The summed E-state index contributed by atoms with van der Waals surface area (Å²) in [5.74, 6) is 1.03. The molecule has 3 heterocycles. The molecule has 128 valence electrons. The van der Waals surface area contributed by atoms with Crippen molar-refractivity contribution in [3.05, 3.63) is 17.5 Å². The smallest absolute Gasteiger partial charge is 0.315 e. The van der Waals surface area contributed by atoms with Crippen molar-refractivity contribution in [2.45, 2.75) is 76.5 Å². The first-order valence-electron chi connectivity index (χ1n) is 8.74. The average Bonchev–Trinajstić information content (AvgIpc) is 2.95. The van der Waals surface area contributed by atoms with Gasteiger partial charge in [-0.05, 0) is 38.6 Å². The van der Waals surface area contributed by atoms with Crippen molar-refractivity contribution in [2.75, 3.05) is 7.05 Å². The largest absolute Gasteiger partial charge is 0.359 e. The van der Waals surface area contributed by atoms with Crippen LogP contribution in [0.4, 0.5) is 4.79 Å². The fourth-order valence-electron chi connectivity index (χ4n) is 3.82. The van der Waals surface area contributed by atoms with Crippen molar-refractivity contribution in [1.82, 2.24) is 20.7 Å². The standard InChI is InChI=1S/C17H28N4O2/c1-11(2)16-9-15(23-20-16)10-18-17(22)19-12-7-13-5-4-6-14(8-12)21(13)3/h9,11-14H,4-8,10H2,1-3H3,(H2,18,19,22)/t12?,13-,14+. The van der Waals surface area contributed by atoms with Crippen LogP contribution in [0.15, 0.2) is 10.6 Å². The summed E-state index contributed by atoms with van der Waals surface area (Å²) in [6.45, 7) is 4.52. The number of fused-ring (bicyclic) bond motifs is 2. The zero-order valence-corrected chi connectivity index (χ0v) is 14.3. The molecule has 1 aromatic heterocycles. The Morgan fingerprint density at radius 1 is 1.39 bits per heavy atom. The van der Waals surface area contributed by atoms with Crippen molar-refractivity contribution < 1.29 is 9.32 Å². The van der Waals surface area contributed by atoms with Crippen LogP contribution in [0.3, 0.4) is 0 Å². The first-order chi connectivity index (χ1) is 11.0. The highest BCUT2D eigenvalue weighted by Crippen LogP contribution is 2.32. The van der Waals surface area contributed by atoms with Crippen molar-refractivity contribution in [2.24, 2.45) is 0 Å². The zero-order chi connectivity index (χ0) is 16.4. The molecule has 0 aliphatic carbocycles. The first kappa shape index (κ1) is 16.3. The highest BCUT2D eigenvalue weighted by molar-refractivity contribution is 5.74. The lowest BCUT2D eigenvalue weighted by Crippen LogP contribution is -2.56. The topological polar surface area (TPSA) is 70.4 Å². The van der Waals surface area contributed by atoms with Crippen LogP contribution in [-0.2, 0) is 6.54 Å². The Labute approximate surface area is 138 Å². The third-order valence-corrected chi connectivity index (χ3v) is 5.27. The van der Waals surface area contributed by atoms with Gasteiger partial charge < -0.3 is 20.1 Å². The number of piperidine rings is 2. The van der Waals surface area contributed by atoms with Gasteiger partial charge in [0, 0.05) is 24.2 Å². The van der Waals surface area contributed by atoms with Crippen LogP contribution in [0.5, 0.6) is 0 Å². The second-order valence-electron chi connectivity index (χ2n) is 7.27. The summed E-state index contributed by atoms with van der Waals surface area (Å²) in [5.41, 5.74) is 0.922. The molecule has 2 N–H and O–H groups in total. The lowest BCUT2D eigenvalue weighted by Gasteiger charge is -2.47. The summed E-state index contributed by atoms with van der Waals surface area (Å²) in [6, 6.07) is 3.32. The number of nitrogens with zero attached hydrogens (tertiary/aromatic N) is 2. The molecule has 2 amide bonds. The number of nitrogens with one attached hydrogen (secondary N) is 2. The van der Waals surface area contributed by atoms with E-state index in [0.717, 1.165) is 18.5 Å². The van der Waals surface area contributed by atoms with Crippen LogP contribution in [0.25, 0.3) is 0 Å². The molecule has 2 bridgehead atoms. The summed E-state index contributed by atoms with van der Waals surface area (Å²) < 4.78 is 5.24. The Balaban J connectivity index is 1.46. The van der Waals surface area contributed by atoms with E-state index in [0.29, 0.717) is 30.3 Å². The van der Waals surface area contributed by atoms with Crippen molar-refractivity contribution >= 4 is 6.03 Å². The summed E-state index contributed by atoms with van der Waals surface area (Å²) >= 11 is 0. The van der Waals surface area contributed by atoms with Gasteiger partial charge in [-0.3, -0.25) is 0 Å². The van der Waals surface area contributed by atoms with Gasteiger partial charge in [0.15, 0.2) is 5.76 Å². The van der Waals surface area contributed by atoms with Gasteiger partial charge >= 0.3 is 6.03 Å². The second-order valence-corrected chi connectivity index (χ2v) is 7.27. The van der Waals surface area contributed by atoms with Gasteiger partial charge in [0.25, 0.3) is 0 Å². The molecule has 3 rings (SSSR count). The minimum absolute atomic E-state index is 0.111. The number of rotatable bonds is 4. The van der Waals surface area contributed by atoms with Gasteiger partial charge in [-0.2, -0.15) is 0 Å². The van der Waals surface area contributed by atoms with E-state index in [9.17, 15) is 4.79 Å². The maximum Gasteiger partial charge on any atom is 0.315 e. The monoisotopic (exact) mass is 320 g/mol. The minimum Gasteiger partial charge on any atom is -0.359 e. The molecule has 2 aliphatic heterocycles. The number of carbonyl (C=O) groups is 1. The molecule has 0 aromatic carbocycles. The van der Waals surface area contributed by atoms with Crippen molar-refractivity contribution in [3.8, 4) is 0 Å². The van der Waals surface area contributed by atoms with E-state index in [1.807, 2.05) is 6.07 Å². The van der Waals surface area contributed by atoms with E-state index in [4.69, 9.17) is 4.52 Å². The highest BCUT2D eigenvalue weighted by atomic mass is 16.5. The van der Waals surface area contributed by atoms with Crippen LogP contribution >= 0.6 is 0 Å². The number of hydrogen-bond donors (Lipinski definition) is 2. The molecule has 0 saturated carbocycles. The fourth-order valence-corrected chi connectivity index (χ4v) is 3.82. The Morgan fingerprint density at radius 3 is 2.70 bits per heavy atom. The molecule has 1 aromatic rings. The molecule has 0 spiro atoms. The lowest BCUT2D eigenvalue weighted by molar-refractivity contribution is 0.0508. The van der Waals surface area contributed by atoms with Gasteiger partial charge in [-0.1, -0.05) is 25.4 Å². The number of hydrogen-bond acceptors (Lipinski definition) is 4. The third kappa shape index (κ3) is 3.86. The van der Waals surface area contributed by atoms with E-state index in [-0.39, 0.29) is 12.1 Å². The van der Waals surface area contributed by atoms with Gasteiger partial charge in [0.05, 0.1) is 12.2 Å². The lowest BCUT2D eigenvalue weighted by atomic mass is 9.82. The Kier molecular flexibility index (Phi) is 4.90. The van der Waals surface area contributed by atoms with Crippen LogP contribution < -0.4 is 10.6 Å². The number of carbonyl (C=O) groups excluding carboxylic acids is 1. The normalized spacial score (nSPS) is 27.9. The summed E-state index contributed by atoms with van der Waals surface area (Å²) in [5, 5.41) is 10.0. The van der Waals surface area contributed by atoms with E-state index in [2.05, 4.69) is 41.6 Å². The molecule has 6 nitrogen and oxygen atoms in total. The second kappa shape index (κ2) is 6.91. The van der Waals surface area contributed by atoms with Gasteiger partial charge in [-0.25, -0.2) is 4.79 Å². The first-order valence-corrected chi connectivity index (χ1v) is 8.74. The predicted octanol–water partition coefficient (Wildman–Crippen LogP) is 2.61. The summed E-state index contributed by atoms with van der Waals surface area (Å²) in [7, 11) is 2.22. The van der Waals surface area contributed by atoms with Gasteiger partial charge in [0.1, 0.15) is 0 Å². The van der Waals surface area contributed by atoms with Gasteiger partial charge in [-0.15, -0.1) is 0 Å². The molecule has 6 heteroatoms. The molecule has 2 fully saturated rings. The van der Waals surface area contributed by atoms with E-state index < -0.39 is 0 Å². The molecule has 23 heavy (non-hydrogen) atoms. The maximum absolute atomic E-state index is 12.1. The molecule has 3 atom stereocenters.